The summed E-state index contributed by atoms with van der Waals surface area (Å²) in [5.74, 6) is -3.86. The van der Waals surface area contributed by atoms with E-state index in [1.54, 1.807) is 0 Å². The van der Waals surface area contributed by atoms with Crippen LogP contribution in [0.1, 0.15) is 27.5 Å². The number of hydrogen-bond acceptors (Lipinski definition) is 6. The second-order valence-electron chi connectivity index (χ2n) is 7.32. The molecule has 4 rings (SSSR count). The monoisotopic (exact) mass is 409 g/mol. The first kappa shape index (κ1) is 19.7. The standard InChI is InChI=1S/C21H19N3O6/c1-11-5-7-12(8-6-11)17-16-18(30-23(17)10-15(22)25)20(27)24(19(16)26)14-4-2-3-13(9-14)21(28)29/h2-9,16-18H,10H2,1H3,(H2,22,25)(H,28,29). The predicted octanol–water partition coefficient (Wildman–Crippen LogP) is 1.03. The maximum atomic E-state index is 13.3. The van der Waals surface area contributed by atoms with E-state index in [-0.39, 0.29) is 17.8 Å². The van der Waals surface area contributed by atoms with Gasteiger partial charge in [-0.05, 0) is 30.7 Å². The van der Waals surface area contributed by atoms with Crippen molar-refractivity contribution < 1.29 is 29.1 Å². The zero-order valence-corrected chi connectivity index (χ0v) is 16.0. The van der Waals surface area contributed by atoms with E-state index in [0.29, 0.717) is 5.56 Å². The summed E-state index contributed by atoms with van der Waals surface area (Å²) in [6.07, 6.45) is -1.13. The lowest BCUT2D eigenvalue weighted by Crippen LogP contribution is -2.40. The third kappa shape index (κ3) is 3.23. The number of primary amides is 1. The fourth-order valence-electron chi connectivity index (χ4n) is 3.93. The van der Waals surface area contributed by atoms with Crippen LogP contribution in [0.15, 0.2) is 48.5 Å². The second-order valence-corrected chi connectivity index (χ2v) is 7.32. The molecular weight excluding hydrogens is 390 g/mol. The molecule has 2 aliphatic rings. The quantitative estimate of drug-likeness (QED) is 0.705. The highest BCUT2D eigenvalue weighted by Crippen LogP contribution is 2.45. The van der Waals surface area contributed by atoms with Crippen LogP contribution in [-0.4, -0.2) is 46.5 Å². The first-order valence-corrected chi connectivity index (χ1v) is 9.27. The highest BCUT2D eigenvalue weighted by Gasteiger charge is 2.60. The van der Waals surface area contributed by atoms with Gasteiger partial charge in [0.25, 0.3) is 5.91 Å². The molecule has 0 aliphatic carbocycles. The third-order valence-corrected chi connectivity index (χ3v) is 5.28. The van der Waals surface area contributed by atoms with Crippen LogP contribution in [0.5, 0.6) is 0 Å². The van der Waals surface area contributed by atoms with Gasteiger partial charge >= 0.3 is 5.97 Å². The van der Waals surface area contributed by atoms with Crippen LogP contribution in [-0.2, 0) is 19.2 Å². The maximum absolute atomic E-state index is 13.3. The number of fused-ring (bicyclic) bond motifs is 1. The summed E-state index contributed by atoms with van der Waals surface area (Å²) < 4.78 is 0. The van der Waals surface area contributed by atoms with Crippen LogP contribution < -0.4 is 10.6 Å². The lowest BCUT2D eigenvalue weighted by Gasteiger charge is -2.26. The van der Waals surface area contributed by atoms with Crippen molar-refractivity contribution in [2.24, 2.45) is 11.7 Å². The molecule has 0 saturated carbocycles. The largest absolute Gasteiger partial charge is 0.478 e. The molecule has 0 aromatic heterocycles. The van der Waals surface area contributed by atoms with Gasteiger partial charge in [0.2, 0.25) is 11.8 Å². The van der Waals surface area contributed by atoms with Gasteiger partial charge < -0.3 is 10.8 Å². The summed E-state index contributed by atoms with van der Waals surface area (Å²) in [7, 11) is 0. The van der Waals surface area contributed by atoms with Crippen molar-refractivity contribution in [1.29, 1.82) is 0 Å². The smallest absolute Gasteiger partial charge is 0.335 e. The van der Waals surface area contributed by atoms with Crippen molar-refractivity contribution in [3.8, 4) is 0 Å². The number of aryl methyl sites for hydroxylation is 1. The van der Waals surface area contributed by atoms with Crippen molar-refractivity contribution >= 4 is 29.4 Å². The molecule has 2 saturated heterocycles. The predicted molar refractivity (Wildman–Crippen MR) is 104 cm³/mol. The maximum Gasteiger partial charge on any atom is 0.335 e. The number of nitrogens with two attached hydrogens (primary N) is 1. The lowest BCUT2D eigenvalue weighted by molar-refractivity contribution is -0.175. The van der Waals surface area contributed by atoms with Crippen molar-refractivity contribution in [3.63, 3.8) is 0 Å². The summed E-state index contributed by atoms with van der Waals surface area (Å²) in [6, 6.07) is 12.2. The topological polar surface area (TPSA) is 130 Å². The molecule has 3 N–H and O–H groups in total. The Morgan fingerprint density at radius 1 is 1.10 bits per heavy atom. The van der Waals surface area contributed by atoms with E-state index in [1.807, 2.05) is 31.2 Å². The number of carboxylic acid groups (broad SMARTS) is 1. The van der Waals surface area contributed by atoms with Crippen LogP contribution in [0.2, 0.25) is 0 Å². The number of amides is 3. The normalized spacial score (nSPS) is 23.6. The van der Waals surface area contributed by atoms with E-state index < -0.39 is 41.8 Å². The third-order valence-electron chi connectivity index (χ3n) is 5.28. The molecule has 0 radical (unpaired) electrons. The molecule has 0 bridgehead atoms. The molecule has 3 amide bonds. The van der Waals surface area contributed by atoms with Crippen molar-refractivity contribution in [1.82, 2.24) is 5.06 Å². The van der Waals surface area contributed by atoms with E-state index in [4.69, 9.17) is 10.6 Å². The first-order valence-electron chi connectivity index (χ1n) is 9.27. The summed E-state index contributed by atoms with van der Waals surface area (Å²) in [4.78, 5) is 55.8. The van der Waals surface area contributed by atoms with Gasteiger partial charge in [0, 0.05) is 0 Å². The molecule has 2 aromatic rings. The van der Waals surface area contributed by atoms with E-state index in [0.717, 1.165) is 10.5 Å². The number of aromatic carboxylic acids is 1. The van der Waals surface area contributed by atoms with E-state index in [2.05, 4.69) is 0 Å². The number of rotatable bonds is 5. The van der Waals surface area contributed by atoms with Gasteiger partial charge in [0.05, 0.1) is 23.2 Å². The molecule has 154 valence electrons. The molecule has 2 aliphatic heterocycles. The summed E-state index contributed by atoms with van der Waals surface area (Å²) in [5.41, 5.74) is 7.15. The number of benzene rings is 2. The van der Waals surface area contributed by atoms with E-state index in [9.17, 15) is 24.3 Å². The van der Waals surface area contributed by atoms with Gasteiger partial charge in [0.15, 0.2) is 6.10 Å². The van der Waals surface area contributed by atoms with Crippen LogP contribution >= 0.6 is 0 Å². The number of hydrogen-bond donors (Lipinski definition) is 2. The molecule has 2 fully saturated rings. The number of carbonyl (C=O) groups is 4. The Labute approximate surface area is 171 Å². The van der Waals surface area contributed by atoms with Gasteiger partial charge in [0.1, 0.15) is 6.54 Å². The first-order chi connectivity index (χ1) is 14.3. The van der Waals surface area contributed by atoms with Crippen molar-refractivity contribution in [3.05, 3.63) is 65.2 Å². The number of imide groups is 1. The van der Waals surface area contributed by atoms with Crippen LogP contribution in [0.4, 0.5) is 5.69 Å². The number of carbonyl (C=O) groups excluding carboxylic acids is 3. The zero-order chi connectivity index (χ0) is 21.6. The number of hydroxylamine groups is 2. The number of anilines is 1. The second kappa shape index (κ2) is 7.36. The Kier molecular flexibility index (Phi) is 4.84. The Bertz CT molecular complexity index is 1050. The van der Waals surface area contributed by atoms with E-state index in [1.165, 1.54) is 29.3 Å². The van der Waals surface area contributed by atoms with Gasteiger partial charge in [-0.3, -0.25) is 19.2 Å². The molecule has 3 atom stereocenters. The Morgan fingerprint density at radius 3 is 2.43 bits per heavy atom. The van der Waals surface area contributed by atoms with Crippen LogP contribution in [0.3, 0.4) is 0 Å². The minimum Gasteiger partial charge on any atom is -0.478 e. The minimum absolute atomic E-state index is 0.0449. The van der Waals surface area contributed by atoms with Crippen LogP contribution in [0, 0.1) is 12.8 Å². The summed E-state index contributed by atoms with van der Waals surface area (Å²) >= 11 is 0. The minimum atomic E-state index is -1.17. The van der Waals surface area contributed by atoms with Crippen LogP contribution in [0.25, 0.3) is 0 Å². The molecule has 2 aromatic carbocycles. The number of nitrogens with zero attached hydrogens (tertiary/aromatic N) is 2. The molecule has 30 heavy (non-hydrogen) atoms. The molecule has 0 spiro atoms. The fraction of sp³-hybridized carbons (Fsp3) is 0.238. The number of carboxylic acids is 1. The van der Waals surface area contributed by atoms with Gasteiger partial charge in [-0.15, -0.1) is 0 Å². The zero-order valence-electron chi connectivity index (χ0n) is 16.0. The average Bonchev–Trinajstić information content (AvgIpc) is 3.17. The molecule has 9 nitrogen and oxygen atoms in total. The molecular formula is C21H19N3O6. The summed E-state index contributed by atoms with van der Waals surface area (Å²) in [5, 5.41) is 10.5. The van der Waals surface area contributed by atoms with Gasteiger partial charge in [-0.2, -0.15) is 5.06 Å². The fourth-order valence-corrected chi connectivity index (χ4v) is 3.93. The van der Waals surface area contributed by atoms with Crippen molar-refractivity contribution in [2.75, 3.05) is 11.4 Å². The molecule has 2 heterocycles. The Morgan fingerprint density at radius 2 is 1.80 bits per heavy atom. The van der Waals surface area contributed by atoms with Crippen molar-refractivity contribution in [2.45, 2.75) is 19.1 Å². The molecule has 9 heteroatoms. The highest BCUT2D eigenvalue weighted by atomic mass is 16.7. The average molecular weight is 409 g/mol. The summed E-state index contributed by atoms with van der Waals surface area (Å²) in [6.45, 7) is 1.64. The van der Waals surface area contributed by atoms with E-state index >= 15 is 0 Å². The Hall–Kier alpha value is -3.56. The highest BCUT2D eigenvalue weighted by molar-refractivity contribution is 6.23. The van der Waals surface area contributed by atoms with Gasteiger partial charge in [-0.25, -0.2) is 9.69 Å². The molecule has 3 unspecified atom stereocenters. The Balaban J connectivity index is 1.73. The van der Waals surface area contributed by atoms with Gasteiger partial charge in [-0.1, -0.05) is 35.9 Å². The SMILES string of the molecule is Cc1ccc(C2C3C(=O)N(c4cccc(C(=O)O)c4)C(=O)C3ON2CC(N)=O)cc1. The lowest BCUT2D eigenvalue weighted by atomic mass is 9.90.